The van der Waals surface area contributed by atoms with Crippen LogP contribution in [0.15, 0.2) is 94.1 Å². The molecule has 0 bridgehead atoms. The van der Waals surface area contributed by atoms with E-state index < -0.39 is 0 Å². The maximum Gasteiger partial charge on any atom is 0.135 e. The quantitative estimate of drug-likeness (QED) is 0.314. The summed E-state index contributed by atoms with van der Waals surface area (Å²) >= 11 is 0. The van der Waals surface area contributed by atoms with E-state index in [1.807, 2.05) is 36.5 Å². The van der Waals surface area contributed by atoms with Gasteiger partial charge in [-0.25, -0.2) is 0 Å². The van der Waals surface area contributed by atoms with E-state index in [1.54, 1.807) is 0 Å². The van der Waals surface area contributed by atoms with Crippen LogP contribution >= 0.6 is 0 Å². The molecule has 164 valence electrons. The van der Waals surface area contributed by atoms with Gasteiger partial charge in [0.2, 0.25) is 0 Å². The molecule has 0 fully saturated rings. The second-order valence-corrected chi connectivity index (χ2v) is 8.14. The average Bonchev–Trinajstić information content (AvgIpc) is 2.79. The van der Waals surface area contributed by atoms with Gasteiger partial charge in [0, 0.05) is 22.6 Å². The molecule has 2 aromatic carbocycles. The van der Waals surface area contributed by atoms with E-state index in [1.165, 1.54) is 33.4 Å². The first kappa shape index (κ1) is 23.3. The van der Waals surface area contributed by atoms with Crippen LogP contribution < -0.4 is 4.74 Å². The summed E-state index contributed by atoms with van der Waals surface area (Å²) in [5.41, 5.74) is 8.73. The Hall–Kier alpha value is -3.32. The second-order valence-electron chi connectivity index (χ2n) is 8.14. The van der Waals surface area contributed by atoms with Crippen molar-refractivity contribution in [2.24, 2.45) is 0 Å². The summed E-state index contributed by atoms with van der Waals surface area (Å²) < 4.78 is 6.80. The van der Waals surface area contributed by atoms with Crippen molar-refractivity contribution in [3.05, 3.63) is 133 Å². The molecule has 1 heterocycles. The number of para-hydroxylation sites is 1. The average molecular weight is 423 g/mol. The van der Waals surface area contributed by atoms with E-state index in [9.17, 15) is 0 Å². The van der Waals surface area contributed by atoms with Gasteiger partial charge in [0.25, 0.3) is 0 Å². The molecule has 1 aliphatic rings. The number of hydrogen-bond donors (Lipinski definition) is 0. The van der Waals surface area contributed by atoms with Crippen molar-refractivity contribution in [3.8, 4) is 11.5 Å². The monoisotopic (exact) mass is 422 g/mol. The molecule has 0 aliphatic carbocycles. The van der Waals surface area contributed by atoms with Gasteiger partial charge in [0.1, 0.15) is 11.5 Å². The molecule has 1 atom stereocenters. The van der Waals surface area contributed by atoms with Gasteiger partial charge in [-0.3, -0.25) is 0 Å². The molecular weight excluding hydrogens is 388 g/mol. The van der Waals surface area contributed by atoms with Crippen molar-refractivity contribution >= 4 is 0 Å². The third-order valence-electron chi connectivity index (χ3n) is 6.15. The Morgan fingerprint density at radius 2 is 1.19 bits per heavy atom. The molecule has 1 nitrogen and oxygen atoms in total. The molecule has 2 aromatic rings. The molecule has 0 N–H and O–H groups in total. The molecule has 1 heteroatoms. The Labute approximate surface area is 193 Å². The molecule has 1 unspecified atom stereocenters. The Morgan fingerprint density at radius 3 is 1.78 bits per heavy atom. The Kier molecular flexibility index (Phi) is 7.89. The van der Waals surface area contributed by atoms with Gasteiger partial charge >= 0.3 is 0 Å². The highest BCUT2D eigenvalue weighted by Gasteiger charge is 2.34. The molecule has 3 rings (SSSR count). The van der Waals surface area contributed by atoms with Crippen LogP contribution in [0, 0.1) is 0 Å². The molecular formula is C31H34O. The van der Waals surface area contributed by atoms with Crippen LogP contribution in [-0.4, -0.2) is 0 Å². The summed E-state index contributed by atoms with van der Waals surface area (Å²) in [6.45, 7) is 24.2. The lowest BCUT2D eigenvalue weighted by atomic mass is 9.75. The summed E-state index contributed by atoms with van der Waals surface area (Å²) in [7, 11) is 0. The van der Waals surface area contributed by atoms with Crippen LogP contribution in [0.25, 0.3) is 0 Å². The zero-order valence-electron chi connectivity index (χ0n) is 19.2. The van der Waals surface area contributed by atoms with Crippen LogP contribution in [0.3, 0.4) is 0 Å². The SMILES string of the molecule is C=CCc1cccc2c1Oc1c(CC=C)c(CC=C)c(CC=C)c(CC=C)c1C2CC=C. The third kappa shape index (κ3) is 4.21. The van der Waals surface area contributed by atoms with Crippen molar-refractivity contribution in [1.29, 1.82) is 0 Å². The lowest BCUT2D eigenvalue weighted by molar-refractivity contribution is 0.434. The van der Waals surface area contributed by atoms with Crippen LogP contribution in [0.4, 0.5) is 0 Å². The van der Waals surface area contributed by atoms with Crippen LogP contribution in [0.2, 0.25) is 0 Å². The molecule has 0 aromatic heterocycles. The van der Waals surface area contributed by atoms with Crippen LogP contribution in [0.1, 0.15) is 51.3 Å². The minimum atomic E-state index is 0.177. The summed E-state index contributed by atoms with van der Waals surface area (Å²) in [6, 6.07) is 6.44. The van der Waals surface area contributed by atoms with Crippen molar-refractivity contribution in [3.63, 3.8) is 0 Å². The fourth-order valence-electron chi connectivity index (χ4n) is 4.96. The third-order valence-corrected chi connectivity index (χ3v) is 6.15. The van der Waals surface area contributed by atoms with E-state index >= 15 is 0 Å². The van der Waals surface area contributed by atoms with Crippen molar-refractivity contribution in [1.82, 2.24) is 0 Å². The van der Waals surface area contributed by atoms with E-state index in [0.29, 0.717) is 0 Å². The minimum absolute atomic E-state index is 0.177. The van der Waals surface area contributed by atoms with Crippen LogP contribution in [0.5, 0.6) is 11.5 Å². The summed E-state index contributed by atoms with van der Waals surface area (Å²) in [5, 5.41) is 0. The zero-order valence-corrected chi connectivity index (χ0v) is 19.2. The standard InChI is InChI=1S/C31H34O/c1-7-14-22-20-13-21-28-26(18-11-5)29-25(17-10-4)23(15-8-2)24(16-9-3)27(19-12-6)31(29)32-30(22)28/h7-13,20-21,26H,1-6,14-19H2. The molecule has 0 saturated heterocycles. The Bertz CT molecular complexity index is 1070. The Balaban J connectivity index is 2.45. The fraction of sp³-hybridized carbons (Fsp3) is 0.226. The number of hydrogen-bond acceptors (Lipinski definition) is 1. The lowest BCUT2D eigenvalue weighted by Gasteiger charge is -2.35. The van der Waals surface area contributed by atoms with Crippen LogP contribution in [-0.2, 0) is 32.1 Å². The highest BCUT2D eigenvalue weighted by atomic mass is 16.5. The topological polar surface area (TPSA) is 9.23 Å². The number of ether oxygens (including phenoxy) is 1. The first-order valence-corrected chi connectivity index (χ1v) is 11.3. The van der Waals surface area contributed by atoms with Gasteiger partial charge < -0.3 is 4.74 Å². The smallest absolute Gasteiger partial charge is 0.135 e. The maximum atomic E-state index is 6.80. The molecule has 0 amide bonds. The highest BCUT2D eigenvalue weighted by Crippen LogP contribution is 2.52. The molecule has 0 spiro atoms. The Morgan fingerprint density at radius 1 is 0.625 bits per heavy atom. The summed E-state index contributed by atoms with van der Waals surface area (Å²) in [4.78, 5) is 0. The first-order valence-electron chi connectivity index (χ1n) is 11.3. The lowest BCUT2D eigenvalue weighted by Crippen LogP contribution is -2.19. The summed E-state index contributed by atoms with van der Waals surface area (Å²) in [5.74, 6) is 2.11. The van der Waals surface area contributed by atoms with Crippen molar-refractivity contribution in [2.75, 3.05) is 0 Å². The number of benzene rings is 2. The summed E-state index contributed by atoms with van der Waals surface area (Å²) in [6.07, 6.45) is 16.6. The van der Waals surface area contributed by atoms with Gasteiger partial charge in [-0.1, -0.05) is 54.7 Å². The number of allylic oxidation sites excluding steroid dienone is 6. The van der Waals surface area contributed by atoms with Crippen molar-refractivity contribution < 1.29 is 4.74 Å². The zero-order chi connectivity index (χ0) is 23.1. The number of fused-ring (bicyclic) bond motifs is 2. The molecule has 0 radical (unpaired) electrons. The largest absolute Gasteiger partial charge is 0.456 e. The predicted octanol–water partition coefficient (Wildman–Crippen LogP) is 8.14. The minimum Gasteiger partial charge on any atom is -0.456 e. The van der Waals surface area contributed by atoms with Gasteiger partial charge in [0.05, 0.1) is 0 Å². The van der Waals surface area contributed by atoms with Gasteiger partial charge in [-0.15, -0.1) is 39.5 Å². The molecule has 0 saturated carbocycles. The molecule has 1 aliphatic heterocycles. The first-order chi connectivity index (χ1) is 15.7. The van der Waals surface area contributed by atoms with E-state index in [4.69, 9.17) is 4.74 Å². The highest BCUT2D eigenvalue weighted by molar-refractivity contribution is 5.66. The van der Waals surface area contributed by atoms with Gasteiger partial charge in [-0.2, -0.15) is 0 Å². The van der Waals surface area contributed by atoms with E-state index in [0.717, 1.165) is 55.6 Å². The maximum absolute atomic E-state index is 6.80. The molecule has 32 heavy (non-hydrogen) atoms. The van der Waals surface area contributed by atoms with E-state index in [-0.39, 0.29) is 5.92 Å². The number of rotatable bonds is 12. The predicted molar refractivity (Wildman–Crippen MR) is 139 cm³/mol. The van der Waals surface area contributed by atoms with Gasteiger partial charge in [-0.05, 0) is 60.8 Å². The van der Waals surface area contributed by atoms with Crippen molar-refractivity contribution in [2.45, 2.75) is 44.4 Å². The fourth-order valence-corrected chi connectivity index (χ4v) is 4.96. The second kappa shape index (κ2) is 10.8. The van der Waals surface area contributed by atoms with E-state index in [2.05, 4.69) is 57.7 Å². The van der Waals surface area contributed by atoms with Gasteiger partial charge in [0.15, 0.2) is 0 Å². The normalized spacial score (nSPS) is 13.8.